The molecule has 0 saturated carbocycles. The van der Waals surface area contributed by atoms with Crippen molar-refractivity contribution in [2.45, 2.75) is 33.2 Å². The third-order valence-corrected chi connectivity index (χ3v) is 6.43. The van der Waals surface area contributed by atoms with Gasteiger partial charge in [0.25, 0.3) is 0 Å². The molecule has 2 heterocycles. The number of aliphatic carboxylic acids is 1. The van der Waals surface area contributed by atoms with E-state index in [-0.39, 0.29) is 12.7 Å². The summed E-state index contributed by atoms with van der Waals surface area (Å²) in [5.41, 5.74) is 3.42. The minimum atomic E-state index is -0.864. The molecule has 2 aliphatic heterocycles. The molecule has 7 nitrogen and oxygen atoms in total. The Morgan fingerprint density at radius 2 is 1.66 bits per heavy atom. The summed E-state index contributed by atoms with van der Waals surface area (Å²) in [7, 11) is 0. The van der Waals surface area contributed by atoms with Crippen molar-refractivity contribution in [2.75, 3.05) is 33.0 Å². The number of piperazine rings is 1. The van der Waals surface area contributed by atoms with Crippen LogP contribution in [0.25, 0.3) is 0 Å². The van der Waals surface area contributed by atoms with Crippen molar-refractivity contribution in [1.29, 1.82) is 0 Å². The Labute approximate surface area is 170 Å². The molecule has 4 rings (SSSR count). The number of carboxylic acid groups (broad SMARTS) is 1. The van der Waals surface area contributed by atoms with Gasteiger partial charge in [-0.25, -0.2) is 0 Å². The Bertz CT molecular complexity index is 842. The van der Waals surface area contributed by atoms with E-state index in [0.717, 1.165) is 47.8 Å². The Balaban J connectivity index is 1.35. The molecule has 0 bridgehead atoms. The van der Waals surface area contributed by atoms with Crippen LogP contribution in [0.2, 0.25) is 0 Å². The molecule has 1 fully saturated rings. The Hall–Kier alpha value is -2.54. The molecule has 0 radical (unpaired) electrons. The minimum absolute atomic E-state index is 0.00743. The van der Waals surface area contributed by atoms with Gasteiger partial charge in [0.05, 0.1) is 11.8 Å². The number of carboxylic acids is 1. The number of hydrogen-bond acceptors (Lipinski definition) is 5. The number of hydrogen-bond donors (Lipinski definition) is 1. The van der Waals surface area contributed by atoms with Crippen LogP contribution in [0.4, 0.5) is 0 Å². The van der Waals surface area contributed by atoms with Crippen molar-refractivity contribution in [2.24, 2.45) is 11.8 Å². The number of benzene rings is 1. The predicted molar refractivity (Wildman–Crippen MR) is 107 cm³/mol. The topological polar surface area (TPSA) is 79.3 Å². The van der Waals surface area contributed by atoms with Crippen LogP contribution in [0, 0.1) is 11.8 Å². The van der Waals surface area contributed by atoms with Crippen LogP contribution in [0.15, 0.2) is 29.3 Å². The van der Waals surface area contributed by atoms with E-state index >= 15 is 0 Å². The molecule has 1 amide bonds. The number of fused-ring (bicyclic) bond motifs is 1. The van der Waals surface area contributed by atoms with Gasteiger partial charge in [-0.15, -0.1) is 0 Å². The number of rotatable bonds is 4. The summed E-state index contributed by atoms with van der Waals surface area (Å²) in [5.74, 6) is -0.366. The van der Waals surface area contributed by atoms with E-state index in [4.69, 9.17) is 9.47 Å². The smallest absolute Gasteiger partial charge is 0.307 e. The molecule has 0 spiro atoms. The fraction of sp³-hybridized carbons (Fsp3) is 0.545. The van der Waals surface area contributed by atoms with Gasteiger partial charge in [-0.2, -0.15) is 0 Å². The Morgan fingerprint density at radius 3 is 2.34 bits per heavy atom. The first-order valence-electron chi connectivity index (χ1n) is 10.2. The third kappa shape index (κ3) is 4.10. The molecular weight excluding hydrogens is 372 g/mol. The molecule has 7 heteroatoms. The van der Waals surface area contributed by atoms with E-state index in [1.807, 2.05) is 36.9 Å². The van der Waals surface area contributed by atoms with E-state index in [0.29, 0.717) is 25.9 Å². The first-order valence-corrected chi connectivity index (χ1v) is 10.2. The molecule has 0 aromatic heterocycles. The van der Waals surface area contributed by atoms with Gasteiger partial charge in [0, 0.05) is 32.7 Å². The average molecular weight is 400 g/mol. The first kappa shape index (κ1) is 19.8. The standard InChI is InChI=1S/C22H28N2O5/c1-14-9-17(18(22(26)27)10-15(14)2)21(25)24-7-5-23(6-8-24)12-16-3-4-19-20(11-16)29-13-28-19/h3-4,11,17-18H,5-10,12-13H2,1-2H3,(H,26,27)/t17-,18-/m1/s1. The van der Waals surface area contributed by atoms with Crippen LogP contribution in [0.3, 0.4) is 0 Å². The van der Waals surface area contributed by atoms with Gasteiger partial charge in [-0.3, -0.25) is 14.5 Å². The van der Waals surface area contributed by atoms with Gasteiger partial charge in [-0.1, -0.05) is 17.2 Å². The largest absolute Gasteiger partial charge is 0.481 e. The zero-order chi connectivity index (χ0) is 20.5. The lowest BCUT2D eigenvalue weighted by Gasteiger charge is -2.38. The molecule has 29 heavy (non-hydrogen) atoms. The van der Waals surface area contributed by atoms with E-state index < -0.39 is 17.8 Å². The van der Waals surface area contributed by atoms with Crippen molar-refractivity contribution >= 4 is 11.9 Å². The highest BCUT2D eigenvalue weighted by atomic mass is 16.7. The van der Waals surface area contributed by atoms with Gasteiger partial charge in [0.15, 0.2) is 11.5 Å². The van der Waals surface area contributed by atoms with Crippen LogP contribution in [-0.4, -0.2) is 59.8 Å². The fourth-order valence-electron chi connectivity index (χ4n) is 4.47. The van der Waals surface area contributed by atoms with Crippen molar-refractivity contribution in [1.82, 2.24) is 9.80 Å². The maximum absolute atomic E-state index is 13.1. The van der Waals surface area contributed by atoms with Gasteiger partial charge in [-0.05, 0) is 44.4 Å². The molecule has 1 N–H and O–H groups in total. The fourth-order valence-corrected chi connectivity index (χ4v) is 4.47. The molecule has 156 valence electrons. The maximum Gasteiger partial charge on any atom is 0.307 e. The van der Waals surface area contributed by atoms with E-state index in [9.17, 15) is 14.7 Å². The summed E-state index contributed by atoms with van der Waals surface area (Å²) in [6.07, 6.45) is 1.03. The quantitative estimate of drug-likeness (QED) is 0.783. The summed E-state index contributed by atoms with van der Waals surface area (Å²) >= 11 is 0. The summed E-state index contributed by atoms with van der Waals surface area (Å²) < 4.78 is 10.8. The van der Waals surface area contributed by atoms with E-state index in [1.54, 1.807) is 0 Å². The van der Waals surface area contributed by atoms with Crippen molar-refractivity contribution in [3.63, 3.8) is 0 Å². The number of amides is 1. The molecule has 1 aromatic rings. The van der Waals surface area contributed by atoms with Crippen LogP contribution >= 0.6 is 0 Å². The molecule has 1 aliphatic carbocycles. The zero-order valence-electron chi connectivity index (χ0n) is 17.0. The third-order valence-electron chi connectivity index (χ3n) is 6.43. The van der Waals surface area contributed by atoms with Gasteiger partial charge in [0.2, 0.25) is 12.7 Å². The summed E-state index contributed by atoms with van der Waals surface area (Å²) in [4.78, 5) is 29.0. The van der Waals surface area contributed by atoms with Crippen LogP contribution in [0.5, 0.6) is 11.5 Å². The molecule has 1 saturated heterocycles. The first-order chi connectivity index (χ1) is 13.9. The van der Waals surface area contributed by atoms with Crippen LogP contribution in [0.1, 0.15) is 32.3 Å². The lowest BCUT2D eigenvalue weighted by Crippen LogP contribution is -2.51. The Morgan fingerprint density at radius 1 is 1.00 bits per heavy atom. The van der Waals surface area contributed by atoms with Crippen molar-refractivity contribution in [3.8, 4) is 11.5 Å². The zero-order valence-corrected chi connectivity index (χ0v) is 17.0. The number of nitrogens with zero attached hydrogens (tertiary/aromatic N) is 2. The summed E-state index contributed by atoms with van der Waals surface area (Å²) in [6.45, 7) is 7.87. The Kier molecular flexibility index (Phi) is 5.50. The summed E-state index contributed by atoms with van der Waals surface area (Å²) in [5, 5.41) is 9.61. The van der Waals surface area contributed by atoms with E-state index in [2.05, 4.69) is 4.90 Å². The SMILES string of the molecule is CC1=C(C)C[C@@H](C(=O)N2CCN(Cc3ccc4c(c3)OCO4)CC2)[C@H](C(=O)O)C1. The highest BCUT2D eigenvalue weighted by Gasteiger charge is 2.39. The molecule has 2 atom stereocenters. The van der Waals surface area contributed by atoms with Crippen LogP contribution < -0.4 is 9.47 Å². The predicted octanol–water partition coefficient (Wildman–Crippen LogP) is 2.51. The number of carbonyl (C=O) groups excluding carboxylic acids is 1. The number of allylic oxidation sites excluding steroid dienone is 2. The minimum Gasteiger partial charge on any atom is -0.481 e. The molecule has 1 aromatic carbocycles. The molecular formula is C22H28N2O5. The van der Waals surface area contributed by atoms with Crippen molar-refractivity contribution in [3.05, 3.63) is 34.9 Å². The number of carbonyl (C=O) groups is 2. The van der Waals surface area contributed by atoms with Crippen LogP contribution in [-0.2, 0) is 16.1 Å². The number of ether oxygens (including phenoxy) is 2. The highest BCUT2D eigenvalue weighted by molar-refractivity contribution is 5.85. The lowest BCUT2D eigenvalue weighted by atomic mass is 9.76. The van der Waals surface area contributed by atoms with Crippen molar-refractivity contribution < 1.29 is 24.2 Å². The average Bonchev–Trinajstić information content (AvgIpc) is 3.17. The lowest BCUT2D eigenvalue weighted by molar-refractivity contribution is -0.151. The highest BCUT2D eigenvalue weighted by Crippen LogP contribution is 2.36. The van der Waals surface area contributed by atoms with Gasteiger partial charge >= 0.3 is 5.97 Å². The monoisotopic (exact) mass is 400 g/mol. The molecule has 0 unspecified atom stereocenters. The maximum atomic E-state index is 13.1. The van der Waals surface area contributed by atoms with Gasteiger partial charge in [0.1, 0.15) is 0 Å². The normalized spacial score (nSPS) is 24.7. The van der Waals surface area contributed by atoms with Gasteiger partial charge < -0.3 is 19.5 Å². The van der Waals surface area contributed by atoms with E-state index in [1.165, 1.54) is 0 Å². The summed E-state index contributed by atoms with van der Waals surface area (Å²) in [6, 6.07) is 5.99. The second-order valence-corrected chi connectivity index (χ2v) is 8.31. The second-order valence-electron chi connectivity index (χ2n) is 8.31. The second kappa shape index (κ2) is 8.06. The molecule has 3 aliphatic rings.